The third-order valence-electron chi connectivity index (χ3n) is 3.89. The van der Waals surface area contributed by atoms with Crippen molar-refractivity contribution < 1.29 is 23.8 Å². The van der Waals surface area contributed by atoms with Gasteiger partial charge in [0.1, 0.15) is 5.75 Å². The van der Waals surface area contributed by atoms with Gasteiger partial charge in [-0.25, -0.2) is 0 Å². The van der Waals surface area contributed by atoms with Gasteiger partial charge in [0.25, 0.3) is 0 Å². The molecule has 2 aromatic rings. The Kier molecular flexibility index (Phi) is 7.49. The number of hydrogen-bond acceptors (Lipinski definition) is 5. The molecule has 0 saturated carbocycles. The van der Waals surface area contributed by atoms with Crippen LogP contribution < -0.4 is 24.8 Å². The predicted octanol–water partition coefficient (Wildman–Crippen LogP) is 2.40. The minimum Gasteiger partial charge on any atom is -0.497 e. The molecule has 144 valence electrons. The molecule has 0 aliphatic heterocycles. The third-order valence-corrected chi connectivity index (χ3v) is 3.89. The number of rotatable bonds is 9. The van der Waals surface area contributed by atoms with Gasteiger partial charge in [-0.3, -0.25) is 9.59 Å². The molecule has 0 radical (unpaired) electrons. The quantitative estimate of drug-likeness (QED) is 0.706. The van der Waals surface area contributed by atoms with E-state index >= 15 is 0 Å². The van der Waals surface area contributed by atoms with Gasteiger partial charge in [-0.15, -0.1) is 0 Å². The highest BCUT2D eigenvalue weighted by atomic mass is 16.5. The number of anilines is 1. The van der Waals surface area contributed by atoms with Crippen LogP contribution >= 0.6 is 0 Å². The Labute approximate surface area is 158 Å². The van der Waals surface area contributed by atoms with Crippen molar-refractivity contribution in [2.75, 3.05) is 33.2 Å². The number of hydrogen-bond donors (Lipinski definition) is 2. The fourth-order valence-corrected chi connectivity index (χ4v) is 2.47. The van der Waals surface area contributed by atoms with Gasteiger partial charge in [-0.2, -0.15) is 0 Å². The van der Waals surface area contributed by atoms with Crippen molar-refractivity contribution in [3.8, 4) is 17.2 Å². The second-order valence-electron chi connectivity index (χ2n) is 5.75. The van der Waals surface area contributed by atoms with E-state index in [0.29, 0.717) is 29.4 Å². The summed E-state index contributed by atoms with van der Waals surface area (Å²) in [5.41, 5.74) is 1.56. The molecule has 2 aromatic carbocycles. The van der Waals surface area contributed by atoms with Gasteiger partial charge in [0.2, 0.25) is 11.8 Å². The SMILES string of the molecule is COc1cccc(NC(=O)CNC(=O)CCc2ccc(OC)c(OC)c2)c1. The molecule has 27 heavy (non-hydrogen) atoms. The summed E-state index contributed by atoms with van der Waals surface area (Å²) in [4.78, 5) is 23.9. The molecule has 0 heterocycles. The predicted molar refractivity (Wildman–Crippen MR) is 103 cm³/mol. The Hall–Kier alpha value is -3.22. The normalized spacial score (nSPS) is 10.0. The molecule has 0 aromatic heterocycles. The number of benzene rings is 2. The van der Waals surface area contributed by atoms with Crippen LogP contribution in [0.25, 0.3) is 0 Å². The zero-order valence-electron chi connectivity index (χ0n) is 15.7. The van der Waals surface area contributed by atoms with Crippen LogP contribution in [0.4, 0.5) is 5.69 Å². The van der Waals surface area contributed by atoms with E-state index in [2.05, 4.69) is 10.6 Å². The average molecular weight is 372 g/mol. The van der Waals surface area contributed by atoms with Crippen LogP contribution in [0.15, 0.2) is 42.5 Å². The Bertz CT molecular complexity index is 792. The zero-order valence-corrected chi connectivity index (χ0v) is 15.7. The second-order valence-corrected chi connectivity index (χ2v) is 5.75. The molecular weight excluding hydrogens is 348 g/mol. The summed E-state index contributed by atoms with van der Waals surface area (Å²) in [6.07, 6.45) is 0.797. The highest BCUT2D eigenvalue weighted by Crippen LogP contribution is 2.27. The van der Waals surface area contributed by atoms with Crippen LogP contribution in [0.2, 0.25) is 0 Å². The summed E-state index contributed by atoms with van der Waals surface area (Å²) in [7, 11) is 4.69. The van der Waals surface area contributed by atoms with Crippen LogP contribution in [-0.4, -0.2) is 39.7 Å². The molecule has 0 spiro atoms. The van der Waals surface area contributed by atoms with Crippen LogP contribution in [-0.2, 0) is 16.0 Å². The van der Waals surface area contributed by atoms with E-state index in [1.54, 1.807) is 51.7 Å². The lowest BCUT2D eigenvalue weighted by Gasteiger charge is -2.10. The molecule has 2 rings (SSSR count). The van der Waals surface area contributed by atoms with E-state index < -0.39 is 0 Å². The van der Waals surface area contributed by atoms with Crippen molar-refractivity contribution in [3.05, 3.63) is 48.0 Å². The number of methoxy groups -OCH3 is 3. The molecule has 0 bridgehead atoms. The van der Waals surface area contributed by atoms with Crippen LogP contribution in [0, 0.1) is 0 Å². The van der Waals surface area contributed by atoms with E-state index in [1.165, 1.54) is 0 Å². The van der Waals surface area contributed by atoms with Gasteiger partial charge in [0, 0.05) is 18.2 Å². The number of ether oxygens (including phenoxy) is 3. The topological polar surface area (TPSA) is 85.9 Å². The first-order chi connectivity index (χ1) is 13.0. The fraction of sp³-hybridized carbons (Fsp3) is 0.300. The Morgan fingerprint density at radius 1 is 0.889 bits per heavy atom. The minimum atomic E-state index is -0.303. The first-order valence-electron chi connectivity index (χ1n) is 8.47. The van der Waals surface area contributed by atoms with Crippen molar-refractivity contribution in [2.45, 2.75) is 12.8 Å². The van der Waals surface area contributed by atoms with Gasteiger partial charge >= 0.3 is 0 Å². The van der Waals surface area contributed by atoms with E-state index in [4.69, 9.17) is 14.2 Å². The Morgan fingerprint density at radius 2 is 1.67 bits per heavy atom. The summed E-state index contributed by atoms with van der Waals surface area (Å²) < 4.78 is 15.5. The smallest absolute Gasteiger partial charge is 0.243 e. The van der Waals surface area contributed by atoms with E-state index in [1.807, 2.05) is 12.1 Å². The molecule has 2 amide bonds. The van der Waals surface area contributed by atoms with Gasteiger partial charge in [0.05, 0.1) is 27.9 Å². The van der Waals surface area contributed by atoms with E-state index in [-0.39, 0.29) is 24.8 Å². The minimum absolute atomic E-state index is 0.0953. The summed E-state index contributed by atoms with van der Waals surface area (Å²) in [6.45, 7) is -0.0953. The second kappa shape index (κ2) is 10.1. The number of amides is 2. The first-order valence-corrected chi connectivity index (χ1v) is 8.47. The molecule has 0 atom stereocenters. The van der Waals surface area contributed by atoms with E-state index in [9.17, 15) is 9.59 Å². The van der Waals surface area contributed by atoms with Crippen LogP contribution in [0.3, 0.4) is 0 Å². The lowest BCUT2D eigenvalue weighted by atomic mass is 10.1. The molecule has 0 aliphatic carbocycles. The molecule has 2 N–H and O–H groups in total. The van der Waals surface area contributed by atoms with Gasteiger partial charge in [-0.1, -0.05) is 12.1 Å². The monoisotopic (exact) mass is 372 g/mol. The molecule has 0 unspecified atom stereocenters. The van der Waals surface area contributed by atoms with Gasteiger partial charge < -0.3 is 24.8 Å². The first kappa shape index (κ1) is 20.1. The van der Waals surface area contributed by atoms with Gasteiger partial charge in [0.15, 0.2) is 11.5 Å². The number of carbonyl (C=O) groups is 2. The highest BCUT2D eigenvalue weighted by molar-refractivity contribution is 5.94. The number of nitrogens with one attached hydrogen (secondary N) is 2. The van der Waals surface area contributed by atoms with Crippen molar-refractivity contribution >= 4 is 17.5 Å². The largest absolute Gasteiger partial charge is 0.497 e. The number of aryl methyl sites for hydroxylation is 1. The standard InChI is InChI=1S/C20H24N2O5/c1-25-16-6-4-5-15(12-16)22-20(24)13-21-19(23)10-8-14-7-9-17(26-2)18(11-14)27-3/h4-7,9,11-12H,8,10,13H2,1-3H3,(H,21,23)(H,22,24). The third kappa shape index (κ3) is 6.22. The maximum Gasteiger partial charge on any atom is 0.243 e. The lowest BCUT2D eigenvalue weighted by Crippen LogP contribution is -2.32. The Balaban J connectivity index is 1.78. The molecule has 7 heteroatoms. The van der Waals surface area contributed by atoms with Crippen LogP contribution in [0.5, 0.6) is 17.2 Å². The summed E-state index contributed by atoms with van der Waals surface area (Å²) in [6, 6.07) is 12.5. The maximum atomic E-state index is 12.0. The fourth-order valence-electron chi connectivity index (χ4n) is 2.47. The van der Waals surface area contributed by atoms with Crippen molar-refractivity contribution in [1.29, 1.82) is 0 Å². The molecule has 0 fully saturated rings. The summed E-state index contributed by atoms with van der Waals surface area (Å²) in [5.74, 6) is 1.40. The zero-order chi connectivity index (χ0) is 19.6. The van der Waals surface area contributed by atoms with Gasteiger partial charge in [-0.05, 0) is 36.2 Å². The van der Waals surface area contributed by atoms with Crippen molar-refractivity contribution in [1.82, 2.24) is 5.32 Å². The summed E-state index contributed by atoms with van der Waals surface area (Å²) in [5, 5.41) is 5.32. The van der Waals surface area contributed by atoms with Crippen LogP contribution in [0.1, 0.15) is 12.0 Å². The Morgan fingerprint density at radius 3 is 2.37 bits per heavy atom. The summed E-state index contributed by atoms with van der Waals surface area (Å²) >= 11 is 0. The molecular formula is C20H24N2O5. The maximum absolute atomic E-state index is 12.0. The molecule has 0 saturated heterocycles. The lowest BCUT2D eigenvalue weighted by molar-refractivity contribution is -0.124. The molecule has 7 nitrogen and oxygen atoms in total. The van der Waals surface area contributed by atoms with Crippen molar-refractivity contribution in [2.24, 2.45) is 0 Å². The molecule has 0 aliphatic rings. The van der Waals surface area contributed by atoms with E-state index in [0.717, 1.165) is 5.56 Å². The van der Waals surface area contributed by atoms with Crippen molar-refractivity contribution in [3.63, 3.8) is 0 Å². The average Bonchev–Trinajstić information content (AvgIpc) is 2.70. The highest BCUT2D eigenvalue weighted by Gasteiger charge is 2.09. The number of carbonyl (C=O) groups excluding carboxylic acids is 2.